The van der Waals surface area contributed by atoms with E-state index in [0.717, 1.165) is 28.7 Å². The highest BCUT2D eigenvalue weighted by Gasteiger charge is 2.39. The molecule has 14 heteroatoms. The number of ether oxygens (including phenoxy) is 2. The van der Waals surface area contributed by atoms with Crippen molar-refractivity contribution < 1.29 is 23.8 Å². The summed E-state index contributed by atoms with van der Waals surface area (Å²) < 4.78 is 28.6. The van der Waals surface area contributed by atoms with E-state index < -0.39 is 34.3 Å². The Hall–Kier alpha value is -3.88. The number of halogens is 1. The first-order valence-electron chi connectivity index (χ1n) is 14.4. The molecule has 5 rings (SSSR count). The third kappa shape index (κ3) is 5.81. The number of amides is 1. The summed E-state index contributed by atoms with van der Waals surface area (Å²) in [4.78, 5) is 45.8. The highest BCUT2D eigenvalue weighted by Crippen LogP contribution is 2.35. The molecule has 4 heterocycles. The van der Waals surface area contributed by atoms with Crippen molar-refractivity contribution in [3.63, 3.8) is 0 Å². The van der Waals surface area contributed by atoms with E-state index in [1.54, 1.807) is 39.5 Å². The predicted octanol–water partition coefficient (Wildman–Crippen LogP) is 3.15. The third-order valence-corrected chi connectivity index (χ3v) is 9.07. The number of hydrogen-bond acceptors (Lipinski definition) is 9. The van der Waals surface area contributed by atoms with Crippen molar-refractivity contribution in [1.29, 1.82) is 0 Å². The Bertz CT molecular complexity index is 1800. The van der Waals surface area contributed by atoms with Crippen LogP contribution in [0, 0.1) is 12.7 Å². The number of carbonyl (C=O) groups excluding carboxylic acids is 1. The van der Waals surface area contributed by atoms with E-state index in [1.807, 2.05) is 0 Å². The van der Waals surface area contributed by atoms with Gasteiger partial charge in [-0.05, 0) is 65.7 Å². The van der Waals surface area contributed by atoms with Gasteiger partial charge in [0.2, 0.25) is 5.91 Å². The molecule has 44 heavy (non-hydrogen) atoms. The van der Waals surface area contributed by atoms with Gasteiger partial charge in [-0.1, -0.05) is 11.3 Å². The minimum atomic E-state index is -1.52. The highest BCUT2D eigenvalue weighted by molar-refractivity contribution is 7.21. The fourth-order valence-electron chi connectivity index (χ4n) is 5.57. The van der Waals surface area contributed by atoms with Crippen LogP contribution >= 0.6 is 11.3 Å². The maximum Gasteiger partial charge on any atom is 0.333 e. The molecule has 1 unspecified atom stereocenters. The number of benzene rings is 1. The number of hydrogen-bond donors (Lipinski definition) is 1. The number of methoxy groups -OCH3 is 1. The predicted molar refractivity (Wildman–Crippen MR) is 163 cm³/mol. The highest BCUT2D eigenvalue weighted by atomic mass is 32.1. The molecule has 1 aliphatic rings. The molecular weight excluding hydrogens is 591 g/mol. The summed E-state index contributed by atoms with van der Waals surface area (Å²) in [5.74, 6) is -0.557. The number of carbonyl (C=O) groups is 1. The number of aliphatic hydroxyl groups is 1. The average molecular weight is 629 g/mol. The molecule has 12 nitrogen and oxygen atoms in total. The van der Waals surface area contributed by atoms with Crippen molar-refractivity contribution in [1.82, 2.24) is 29.0 Å². The normalized spacial score (nSPS) is 14.9. The number of likely N-dealkylation sites (tertiary alicyclic amines) is 1. The SMILES string of the molecule is COc1ccc(F)cc1C(Cn1c(=O)n(C(C)(C)C(=O)N2CCCC2)c(=O)c2c(C)c(-n3nccn3)sc21)OCC(C)(C)O. The molecule has 1 amide bonds. The molecule has 1 N–H and O–H groups in total. The Morgan fingerprint density at radius 3 is 2.41 bits per heavy atom. The van der Waals surface area contributed by atoms with Crippen LogP contribution < -0.4 is 16.0 Å². The van der Waals surface area contributed by atoms with E-state index in [-0.39, 0.29) is 24.4 Å². The molecule has 0 radical (unpaired) electrons. The summed E-state index contributed by atoms with van der Waals surface area (Å²) in [5, 5.41) is 19.7. The minimum absolute atomic E-state index is 0.153. The average Bonchev–Trinajstić information content (AvgIpc) is 3.73. The Labute approximate surface area is 257 Å². The fraction of sp³-hybridized carbons (Fsp3) is 0.500. The zero-order chi connectivity index (χ0) is 32.0. The Morgan fingerprint density at radius 1 is 1.14 bits per heavy atom. The molecule has 236 valence electrons. The van der Waals surface area contributed by atoms with Crippen LogP contribution in [-0.4, -0.2) is 72.4 Å². The smallest absolute Gasteiger partial charge is 0.333 e. The number of aryl methyl sites for hydroxylation is 1. The molecule has 1 atom stereocenters. The van der Waals surface area contributed by atoms with E-state index in [9.17, 15) is 23.9 Å². The van der Waals surface area contributed by atoms with Gasteiger partial charge in [-0.2, -0.15) is 10.2 Å². The minimum Gasteiger partial charge on any atom is -0.496 e. The van der Waals surface area contributed by atoms with Crippen LogP contribution in [0.3, 0.4) is 0 Å². The number of thiophene rings is 1. The van der Waals surface area contributed by atoms with Gasteiger partial charge in [0.15, 0.2) is 0 Å². The molecule has 0 aliphatic carbocycles. The van der Waals surface area contributed by atoms with E-state index in [4.69, 9.17) is 9.47 Å². The maximum atomic E-state index is 14.6. The summed E-state index contributed by atoms with van der Waals surface area (Å²) in [6, 6.07) is 3.96. The van der Waals surface area contributed by atoms with E-state index >= 15 is 0 Å². The van der Waals surface area contributed by atoms with Crippen molar-refractivity contribution in [3.8, 4) is 10.8 Å². The van der Waals surface area contributed by atoms with Crippen LogP contribution in [0.15, 0.2) is 40.2 Å². The van der Waals surface area contributed by atoms with Gasteiger partial charge >= 0.3 is 5.69 Å². The maximum absolute atomic E-state index is 14.6. The van der Waals surface area contributed by atoms with Crippen molar-refractivity contribution in [2.75, 3.05) is 26.8 Å². The lowest BCUT2D eigenvalue weighted by molar-refractivity contribution is -0.138. The third-order valence-electron chi connectivity index (χ3n) is 7.79. The molecule has 3 aromatic heterocycles. The van der Waals surface area contributed by atoms with Gasteiger partial charge < -0.3 is 19.5 Å². The largest absolute Gasteiger partial charge is 0.496 e. The van der Waals surface area contributed by atoms with Gasteiger partial charge in [-0.25, -0.2) is 13.8 Å². The van der Waals surface area contributed by atoms with Gasteiger partial charge in [-0.15, -0.1) is 4.80 Å². The number of nitrogens with zero attached hydrogens (tertiary/aromatic N) is 6. The molecule has 0 bridgehead atoms. The fourth-order valence-corrected chi connectivity index (χ4v) is 6.79. The zero-order valence-corrected chi connectivity index (χ0v) is 26.5. The van der Waals surface area contributed by atoms with Crippen LogP contribution in [0.1, 0.15) is 57.8 Å². The van der Waals surface area contributed by atoms with Crippen molar-refractivity contribution in [2.45, 2.75) is 71.2 Å². The quantitative estimate of drug-likeness (QED) is 0.283. The summed E-state index contributed by atoms with van der Waals surface area (Å²) in [7, 11) is 1.44. The molecule has 1 saturated heterocycles. The molecule has 0 saturated carbocycles. The Balaban J connectivity index is 1.77. The summed E-state index contributed by atoms with van der Waals surface area (Å²) in [5.41, 5.74) is -3.26. The van der Waals surface area contributed by atoms with Gasteiger partial charge in [0.05, 0.1) is 43.6 Å². The molecular formula is C30H37FN6O6S. The van der Waals surface area contributed by atoms with Gasteiger partial charge in [0.25, 0.3) is 5.56 Å². The van der Waals surface area contributed by atoms with Crippen LogP contribution in [0.25, 0.3) is 15.2 Å². The zero-order valence-electron chi connectivity index (χ0n) is 25.7. The van der Waals surface area contributed by atoms with Gasteiger partial charge in [0.1, 0.15) is 33.0 Å². The van der Waals surface area contributed by atoms with Gasteiger partial charge in [0, 0.05) is 24.2 Å². The molecule has 0 spiro atoms. The van der Waals surface area contributed by atoms with E-state index in [1.165, 1.54) is 47.1 Å². The number of rotatable bonds is 10. The van der Waals surface area contributed by atoms with Crippen LogP contribution in [0.4, 0.5) is 4.39 Å². The van der Waals surface area contributed by atoms with E-state index in [2.05, 4.69) is 10.2 Å². The number of fused-ring (bicyclic) bond motifs is 1. The first-order valence-corrected chi connectivity index (χ1v) is 15.2. The first kappa shape index (κ1) is 31.5. The molecule has 1 fully saturated rings. The van der Waals surface area contributed by atoms with Crippen LogP contribution in [-0.2, 0) is 21.6 Å². The topological polar surface area (TPSA) is 134 Å². The molecule has 1 aliphatic heterocycles. The second-order valence-corrected chi connectivity index (χ2v) is 13.1. The van der Waals surface area contributed by atoms with Crippen LogP contribution in [0.5, 0.6) is 5.75 Å². The monoisotopic (exact) mass is 628 g/mol. The second-order valence-electron chi connectivity index (χ2n) is 12.1. The van der Waals surface area contributed by atoms with Crippen molar-refractivity contribution in [3.05, 3.63) is 68.4 Å². The Kier molecular flexibility index (Phi) is 8.53. The summed E-state index contributed by atoms with van der Waals surface area (Å²) in [6.07, 6.45) is 3.71. The summed E-state index contributed by atoms with van der Waals surface area (Å²) >= 11 is 1.15. The van der Waals surface area contributed by atoms with Crippen molar-refractivity contribution >= 4 is 27.5 Å². The second kappa shape index (κ2) is 11.9. The van der Waals surface area contributed by atoms with Gasteiger partial charge in [-0.3, -0.25) is 14.2 Å². The first-order chi connectivity index (χ1) is 20.7. The Morgan fingerprint density at radius 2 is 1.80 bits per heavy atom. The molecule has 4 aromatic rings. The van der Waals surface area contributed by atoms with Crippen LogP contribution in [0.2, 0.25) is 0 Å². The lowest BCUT2D eigenvalue weighted by Crippen LogP contribution is -2.56. The lowest BCUT2D eigenvalue weighted by atomic mass is 10.0. The number of aromatic nitrogens is 5. The summed E-state index contributed by atoms with van der Waals surface area (Å²) in [6.45, 7) is 8.77. The van der Waals surface area contributed by atoms with E-state index in [0.29, 0.717) is 39.8 Å². The lowest BCUT2D eigenvalue weighted by Gasteiger charge is -2.31. The van der Waals surface area contributed by atoms with Crippen molar-refractivity contribution in [2.24, 2.45) is 0 Å². The molecule has 1 aromatic carbocycles. The standard InChI is InChI=1S/C30H37FN6O6S/c1-18-23-24(38)36(30(4,5)27(39)34-13-7-8-14-34)28(40)35(26(23)44-25(18)37-32-11-12-33-37)16-22(43-17-29(2,3)41)20-15-19(31)9-10-21(20)42-6/h9-12,15,22,41H,7-8,13-14,16-17H2,1-6H3.